The van der Waals surface area contributed by atoms with E-state index >= 15 is 0 Å². The molecule has 0 aliphatic heterocycles. The van der Waals surface area contributed by atoms with Crippen molar-refractivity contribution in [3.63, 3.8) is 0 Å². The Morgan fingerprint density at radius 1 is 0.895 bits per heavy atom. The standard InChI is InChI=1S/C11H20O6S2/c1-5-7-11(8-6-2,9-16-18(3,12)13)10-17-19(4,14)15/h5-6H,1-2,7-10H2,3-4H3. The van der Waals surface area contributed by atoms with Crippen molar-refractivity contribution in [3.05, 3.63) is 25.3 Å². The zero-order chi connectivity index (χ0) is 15.2. The van der Waals surface area contributed by atoms with Crippen molar-refractivity contribution in [2.75, 3.05) is 25.7 Å². The van der Waals surface area contributed by atoms with Crippen LogP contribution in [0.4, 0.5) is 0 Å². The molecule has 0 spiro atoms. The van der Waals surface area contributed by atoms with Crippen LogP contribution in [-0.2, 0) is 28.6 Å². The molecule has 0 aliphatic carbocycles. The summed E-state index contributed by atoms with van der Waals surface area (Å²) in [5.74, 6) is 0. The molecular weight excluding hydrogens is 292 g/mol. The van der Waals surface area contributed by atoms with Crippen LogP contribution in [0.5, 0.6) is 0 Å². The molecule has 0 aromatic rings. The fraction of sp³-hybridized carbons (Fsp3) is 0.636. The van der Waals surface area contributed by atoms with Crippen molar-refractivity contribution in [3.8, 4) is 0 Å². The summed E-state index contributed by atoms with van der Waals surface area (Å²) in [4.78, 5) is 0. The average Bonchev–Trinajstić information content (AvgIpc) is 2.22. The summed E-state index contributed by atoms with van der Waals surface area (Å²) < 4.78 is 53.8. The van der Waals surface area contributed by atoms with Gasteiger partial charge in [0.1, 0.15) is 0 Å². The highest BCUT2D eigenvalue weighted by Crippen LogP contribution is 2.30. The van der Waals surface area contributed by atoms with Crippen LogP contribution in [0.3, 0.4) is 0 Å². The minimum absolute atomic E-state index is 0.195. The van der Waals surface area contributed by atoms with Gasteiger partial charge in [0.15, 0.2) is 0 Å². The Kier molecular flexibility index (Phi) is 6.92. The molecule has 0 bridgehead atoms. The lowest BCUT2D eigenvalue weighted by molar-refractivity contribution is 0.0903. The van der Waals surface area contributed by atoms with E-state index in [-0.39, 0.29) is 13.2 Å². The third-order valence-electron chi connectivity index (χ3n) is 2.31. The number of hydrogen-bond acceptors (Lipinski definition) is 6. The highest BCUT2D eigenvalue weighted by atomic mass is 32.2. The maximum absolute atomic E-state index is 11.1. The first kappa shape index (κ1) is 18.3. The predicted octanol–water partition coefficient (Wildman–Crippen LogP) is 1.08. The molecule has 0 radical (unpaired) electrons. The molecule has 0 fully saturated rings. The first-order chi connectivity index (χ1) is 8.54. The molecule has 6 nitrogen and oxygen atoms in total. The molecule has 0 aliphatic rings. The van der Waals surface area contributed by atoms with E-state index in [1.165, 1.54) is 0 Å². The van der Waals surface area contributed by atoms with Gasteiger partial charge in [-0.1, -0.05) is 12.2 Å². The van der Waals surface area contributed by atoms with E-state index < -0.39 is 25.7 Å². The van der Waals surface area contributed by atoms with Crippen molar-refractivity contribution in [2.24, 2.45) is 5.41 Å². The van der Waals surface area contributed by atoms with E-state index in [9.17, 15) is 16.8 Å². The minimum Gasteiger partial charge on any atom is -0.270 e. The Morgan fingerprint density at radius 3 is 1.42 bits per heavy atom. The zero-order valence-corrected chi connectivity index (χ0v) is 12.8. The summed E-state index contributed by atoms with van der Waals surface area (Å²) in [6.07, 6.45) is 5.64. The highest BCUT2D eigenvalue weighted by Gasteiger charge is 2.31. The smallest absolute Gasteiger partial charge is 0.264 e. The van der Waals surface area contributed by atoms with Gasteiger partial charge in [-0.25, -0.2) is 0 Å². The Hall–Kier alpha value is -0.700. The second-order valence-corrected chi connectivity index (χ2v) is 7.71. The van der Waals surface area contributed by atoms with Crippen LogP contribution in [0.15, 0.2) is 25.3 Å². The normalized spacial score (nSPS) is 13.2. The van der Waals surface area contributed by atoms with E-state index in [1.807, 2.05) is 0 Å². The summed E-state index contributed by atoms with van der Waals surface area (Å²) in [5.41, 5.74) is -0.824. The molecule has 8 heteroatoms. The second kappa shape index (κ2) is 7.18. The molecule has 112 valence electrons. The number of hydrogen-bond donors (Lipinski definition) is 0. The summed E-state index contributed by atoms with van der Waals surface area (Å²) in [5, 5.41) is 0. The van der Waals surface area contributed by atoms with Gasteiger partial charge in [0, 0.05) is 5.41 Å². The SMILES string of the molecule is C=CCC(CC=C)(COS(C)(=O)=O)COS(C)(=O)=O. The predicted molar refractivity (Wildman–Crippen MR) is 73.7 cm³/mol. The van der Waals surface area contributed by atoms with E-state index in [4.69, 9.17) is 8.37 Å². The van der Waals surface area contributed by atoms with Crippen molar-refractivity contribution in [1.82, 2.24) is 0 Å². The second-order valence-electron chi connectivity index (χ2n) is 4.42. The molecule has 0 aromatic carbocycles. The van der Waals surface area contributed by atoms with E-state index in [0.29, 0.717) is 12.8 Å². The molecule has 0 N–H and O–H groups in total. The van der Waals surface area contributed by atoms with Crippen molar-refractivity contribution in [2.45, 2.75) is 12.8 Å². The van der Waals surface area contributed by atoms with Gasteiger partial charge in [-0.15, -0.1) is 13.2 Å². The highest BCUT2D eigenvalue weighted by molar-refractivity contribution is 7.86. The van der Waals surface area contributed by atoms with Gasteiger partial charge in [0.25, 0.3) is 20.2 Å². The lowest BCUT2D eigenvalue weighted by Crippen LogP contribution is -2.33. The maximum Gasteiger partial charge on any atom is 0.264 e. The zero-order valence-electron chi connectivity index (χ0n) is 11.2. The molecule has 0 saturated heterocycles. The third-order valence-corrected chi connectivity index (χ3v) is 3.41. The lowest BCUT2D eigenvalue weighted by atomic mass is 9.83. The summed E-state index contributed by atoms with van der Waals surface area (Å²) in [7, 11) is -7.24. The molecule has 0 saturated carbocycles. The molecule has 0 amide bonds. The van der Waals surface area contributed by atoms with Gasteiger partial charge < -0.3 is 0 Å². The monoisotopic (exact) mass is 312 g/mol. The Bertz CT molecular complexity index is 455. The van der Waals surface area contributed by atoms with Gasteiger partial charge in [-0.05, 0) is 12.8 Å². The van der Waals surface area contributed by atoms with E-state index in [0.717, 1.165) is 12.5 Å². The van der Waals surface area contributed by atoms with Crippen LogP contribution in [0.1, 0.15) is 12.8 Å². The number of allylic oxidation sites excluding steroid dienone is 2. The summed E-state index contributed by atoms with van der Waals surface area (Å²) >= 11 is 0. The molecule has 0 heterocycles. The molecule has 0 aromatic heterocycles. The van der Waals surface area contributed by atoms with Crippen molar-refractivity contribution < 1.29 is 25.2 Å². The Morgan fingerprint density at radius 2 is 1.21 bits per heavy atom. The maximum atomic E-state index is 11.1. The Balaban J connectivity index is 5.05. The van der Waals surface area contributed by atoms with E-state index in [1.54, 1.807) is 12.2 Å². The lowest BCUT2D eigenvalue weighted by Gasteiger charge is -2.30. The fourth-order valence-electron chi connectivity index (χ4n) is 1.44. The minimum atomic E-state index is -3.62. The summed E-state index contributed by atoms with van der Waals surface area (Å²) in [6, 6.07) is 0. The largest absolute Gasteiger partial charge is 0.270 e. The van der Waals surface area contributed by atoms with Gasteiger partial charge in [-0.2, -0.15) is 16.8 Å². The number of rotatable bonds is 10. The van der Waals surface area contributed by atoms with Crippen molar-refractivity contribution in [1.29, 1.82) is 0 Å². The van der Waals surface area contributed by atoms with Crippen LogP contribution in [0, 0.1) is 5.41 Å². The van der Waals surface area contributed by atoms with Gasteiger partial charge in [-0.3, -0.25) is 8.37 Å². The van der Waals surface area contributed by atoms with Gasteiger partial charge >= 0.3 is 0 Å². The first-order valence-electron chi connectivity index (χ1n) is 5.44. The molecule has 0 rings (SSSR count). The quantitative estimate of drug-likeness (QED) is 0.443. The molecular formula is C11H20O6S2. The Labute approximate surface area is 115 Å². The van der Waals surface area contributed by atoms with Crippen LogP contribution in [0.2, 0.25) is 0 Å². The third kappa shape index (κ3) is 8.93. The van der Waals surface area contributed by atoms with Gasteiger partial charge in [0.2, 0.25) is 0 Å². The molecule has 0 atom stereocenters. The molecule has 0 unspecified atom stereocenters. The van der Waals surface area contributed by atoms with Crippen LogP contribution in [-0.4, -0.2) is 42.6 Å². The van der Waals surface area contributed by atoms with Crippen LogP contribution >= 0.6 is 0 Å². The topological polar surface area (TPSA) is 86.7 Å². The van der Waals surface area contributed by atoms with Gasteiger partial charge in [0.05, 0.1) is 25.7 Å². The molecule has 19 heavy (non-hydrogen) atoms. The van der Waals surface area contributed by atoms with E-state index in [2.05, 4.69) is 13.2 Å². The first-order valence-corrected chi connectivity index (χ1v) is 9.07. The summed E-state index contributed by atoms with van der Waals surface area (Å²) in [6.45, 7) is 6.75. The van der Waals surface area contributed by atoms with Crippen molar-refractivity contribution >= 4 is 20.2 Å². The fourth-order valence-corrected chi connectivity index (χ4v) is 2.37. The average molecular weight is 312 g/mol. The van der Waals surface area contributed by atoms with Crippen LogP contribution in [0.25, 0.3) is 0 Å². The van der Waals surface area contributed by atoms with Crippen LogP contribution < -0.4 is 0 Å².